The SMILES string of the molecule is NC(=O)C[C@@H]1CCN(C(=O)n2nnn(-c3ccc(Cl)cc3)c2=O)C1. The van der Waals surface area contributed by atoms with Crippen molar-refractivity contribution in [1.29, 1.82) is 0 Å². The van der Waals surface area contributed by atoms with Gasteiger partial charge in [-0.2, -0.15) is 4.68 Å². The summed E-state index contributed by atoms with van der Waals surface area (Å²) in [5.74, 6) is -0.395. The maximum absolute atomic E-state index is 12.4. The zero-order valence-corrected chi connectivity index (χ0v) is 13.4. The van der Waals surface area contributed by atoms with Crippen molar-refractivity contribution in [2.24, 2.45) is 11.7 Å². The molecule has 9 nitrogen and oxygen atoms in total. The topological polar surface area (TPSA) is 116 Å². The first-order valence-electron chi connectivity index (χ1n) is 7.34. The predicted octanol–water partition coefficient (Wildman–Crippen LogP) is 0.248. The van der Waals surface area contributed by atoms with Crippen molar-refractivity contribution in [2.45, 2.75) is 12.8 Å². The van der Waals surface area contributed by atoms with E-state index in [2.05, 4.69) is 10.4 Å². The molecular weight excluding hydrogens is 336 g/mol. The third-order valence-corrected chi connectivity index (χ3v) is 4.13. The van der Waals surface area contributed by atoms with E-state index in [1.807, 2.05) is 0 Å². The lowest BCUT2D eigenvalue weighted by Crippen LogP contribution is -2.40. The lowest BCUT2D eigenvalue weighted by Gasteiger charge is -2.14. The van der Waals surface area contributed by atoms with Gasteiger partial charge in [0, 0.05) is 24.5 Å². The maximum Gasteiger partial charge on any atom is 0.377 e. The van der Waals surface area contributed by atoms with E-state index in [9.17, 15) is 14.4 Å². The van der Waals surface area contributed by atoms with Crippen LogP contribution in [-0.4, -0.2) is 49.7 Å². The summed E-state index contributed by atoms with van der Waals surface area (Å²) >= 11 is 5.81. The van der Waals surface area contributed by atoms with Crippen molar-refractivity contribution in [2.75, 3.05) is 13.1 Å². The van der Waals surface area contributed by atoms with Crippen molar-refractivity contribution < 1.29 is 9.59 Å². The highest BCUT2D eigenvalue weighted by Gasteiger charge is 2.30. The number of carbonyl (C=O) groups excluding carboxylic acids is 2. The van der Waals surface area contributed by atoms with Crippen LogP contribution in [0.1, 0.15) is 12.8 Å². The van der Waals surface area contributed by atoms with Gasteiger partial charge in [0.25, 0.3) is 0 Å². The minimum absolute atomic E-state index is 0.00784. The van der Waals surface area contributed by atoms with E-state index in [0.717, 1.165) is 4.68 Å². The zero-order valence-electron chi connectivity index (χ0n) is 12.6. The number of halogens is 1. The van der Waals surface area contributed by atoms with Gasteiger partial charge < -0.3 is 10.6 Å². The van der Waals surface area contributed by atoms with E-state index in [1.54, 1.807) is 24.3 Å². The van der Waals surface area contributed by atoms with Gasteiger partial charge in [0.2, 0.25) is 5.91 Å². The Morgan fingerprint density at radius 3 is 2.62 bits per heavy atom. The molecule has 2 aromatic rings. The number of rotatable bonds is 3. The Hall–Kier alpha value is -2.68. The molecule has 2 N–H and O–H groups in total. The molecule has 126 valence electrons. The first-order valence-corrected chi connectivity index (χ1v) is 7.72. The molecule has 0 spiro atoms. The molecule has 1 aliphatic heterocycles. The van der Waals surface area contributed by atoms with Gasteiger partial charge in [0.15, 0.2) is 0 Å². The third kappa shape index (κ3) is 3.16. The summed E-state index contributed by atoms with van der Waals surface area (Å²) in [6.45, 7) is 0.805. The maximum atomic E-state index is 12.4. The first kappa shape index (κ1) is 16.2. The molecule has 1 aromatic carbocycles. The van der Waals surface area contributed by atoms with E-state index < -0.39 is 17.6 Å². The van der Waals surface area contributed by atoms with Gasteiger partial charge in [-0.3, -0.25) is 4.79 Å². The van der Waals surface area contributed by atoms with Gasteiger partial charge in [0.05, 0.1) is 5.69 Å². The highest BCUT2D eigenvalue weighted by Crippen LogP contribution is 2.19. The second kappa shape index (κ2) is 6.44. The number of nitrogens with zero attached hydrogens (tertiary/aromatic N) is 5. The zero-order chi connectivity index (χ0) is 17.3. The van der Waals surface area contributed by atoms with Crippen LogP contribution in [-0.2, 0) is 4.79 Å². The van der Waals surface area contributed by atoms with Gasteiger partial charge in [-0.15, -0.1) is 4.68 Å². The Balaban J connectivity index is 1.79. The van der Waals surface area contributed by atoms with Crippen LogP contribution >= 0.6 is 11.6 Å². The molecule has 2 amide bonds. The standard InChI is InChI=1S/C14H15ClN6O3/c15-10-1-3-11(4-2-10)20-14(24)21(18-17-20)13(23)19-6-5-9(8-19)7-12(16)22/h1-4,9H,5-8H2,(H2,16,22)/t9-/m0/s1. The molecule has 10 heteroatoms. The van der Waals surface area contributed by atoms with Crippen LogP contribution in [0.3, 0.4) is 0 Å². The second-order valence-corrected chi connectivity index (χ2v) is 6.05. The molecule has 1 saturated heterocycles. The molecule has 3 rings (SSSR count). The number of carbonyl (C=O) groups is 2. The lowest BCUT2D eigenvalue weighted by molar-refractivity contribution is -0.118. The summed E-state index contributed by atoms with van der Waals surface area (Å²) in [4.78, 5) is 37.2. The number of tetrazole rings is 1. The van der Waals surface area contributed by atoms with Gasteiger partial charge in [0.1, 0.15) is 0 Å². The summed E-state index contributed by atoms with van der Waals surface area (Å²) in [6.07, 6.45) is 0.880. The molecule has 1 aliphatic rings. The summed E-state index contributed by atoms with van der Waals surface area (Å²) in [6, 6.07) is 5.86. The minimum atomic E-state index is -0.666. The number of hydrogen-bond donors (Lipinski definition) is 1. The molecule has 1 fully saturated rings. The van der Waals surface area contributed by atoms with Crippen molar-refractivity contribution >= 4 is 23.5 Å². The van der Waals surface area contributed by atoms with E-state index in [-0.39, 0.29) is 12.3 Å². The largest absolute Gasteiger partial charge is 0.377 e. The van der Waals surface area contributed by atoms with Crippen LogP contribution < -0.4 is 11.4 Å². The Morgan fingerprint density at radius 1 is 1.25 bits per heavy atom. The molecule has 0 unspecified atom stereocenters. The molecule has 0 bridgehead atoms. The molecule has 0 aliphatic carbocycles. The summed E-state index contributed by atoms with van der Waals surface area (Å²) < 4.78 is 1.73. The Bertz CT molecular complexity index is 828. The summed E-state index contributed by atoms with van der Waals surface area (Å²) in [7, 11) is 0. The average Bonchev–Trinajstić information content (AvgIpc) is 3.14. The molecule has 1 aromatic heterocycles. The van der Waals surface area contributed by atoms with Gasteiger partial charge in [-0.1, -0.05) is 11.6 Å². The van der Waals surface area contributed by atoms with Gasteiger partial charge in [-0.25, -0.2) is 9.59 Å². The van der Waals surface area contributed by atoms with Crippen LogP contribution in [0.4, 0.5) is 4.79 Å². The quantitative estimate of drug-likeness (QED) is 0.796. The fraction of sp³-hybridized carbons (Fsp3) is 0.357. The summed E-state index contributed by atoms with van der Waals surface area (Å²) in [5.41, 5.74) is 4.96. The Kier molecular flexibility index (Phi) is 4.34. The average molecular weight is 351 g/mol. The van der Waals surface area contributed by atoms with Crippen LogP contribution in [0.2, 0.25) is 5.02 Å². The number of hydrogen-bond acceptors (Lipinski definition) is 5. The lowest BCUT2D eigenvalue weighted by atomic mass is 10.1. The van der Waals surface area contributed by atoms with Crippen LogP contribution in [0.5, 0.6) is 0 Å². The number of aromatic nitrogens is 4. The number of amides is 2. The highest BCUT2D eigenvalue weighted by molar-refractivity contribution is 6.30. The van der Waals surface area contributed by atoms with E-state index in [4.69, 9.17) is 17.3 Å². The number of nitrogens with two attached hydrogens (primary N) is 1. The first-order chi connectivity index (χ1) is 11.5. The van der Waals surface area contributed by atoms with Gasteiger partial charge >= 0.3 is 11.7 Å². The van der Waals surface area contributed by atoms with E-state index in [1.165, 1.54) is 4.90 Å². The molecule has 2 heterocycles. The molecule has 0 radical (unpaired) electrons. The van der Waals surface area contributed by atoms with Crippen LogP contribution in [0, 0.1) is 5.92 Å². The highest BCUT2D eigenvalue weighted by atomic mass is 35.5. The van der Waals surface area contributed by atoms with Crippen molar-refractivity contribution in [3.8, 4) is 5.69 Å². The minimum Gasteiger partial charge on any atom is -0.370 e. The van der Waals surface area contributed by atoms with Crippen LogP contribution in [0.15, 0.2) is 29.1 Å². The Morgan fingerprint density at radius 2 is 1.96 bits per heavy atom. The normalized spacial score (nSPS) is 17.2. The van der Waals surface area contributed by atoms with Crippen molar-refractivity contribution in [1.82, 2.24) is 24.7 Å². The molecule has 0 saturated carbocycles. The number of benzene rings is 1. The number of likely N-dealkylation sites (tertiary alicyclic amines) is 1. The molecule has 24 heavy (non-hydrogen) atoms. The van der Waals surface area contributed by atoms with Crippen molar-refractivity contribution in [3.05, 3.63) is 39.8 Å². The fourth-order valence-corrected chi connectivity index (χ4v) is 2.83. The monoisotopic (exact) mass is 350 g/mol. The molecular formula is C14H15ClN6O3. The molecule has 1 atom stereocenters. The van der Waals surface area contributed by atoms with Gasteiger partial charge in [-0.05, 0) is 47.0 Å². The fourth-order valence-electron chi connectivity index (χ4n) is 2.70. The van der Waals surface area contributed by atoms with Crippen molar-refractivity contribution in [3.63, 3.8) is 0 Å². The van der Waals surface area contributed by atoms with E-state index >= 15 is 0 Å². The Labute approximate surface area is 141 Å². The summed E-state index contributed by atoms with van der Waals surface area (Å²) in [5, 5.41) is 7.90. The second-order valence-electron chi connectivity index (χ2n) is 5.62. The van der Waals surface area contributed by atoms with Crippen LogP contribution in [0.25, 0.3) is 5.69 Å². The smallest absolute Gasteiger partial charge is 0.370 e. The predicted molar refractivity (Wildman–Crippen MR) is 84.9 cm³/mol. The van der Waals surface area contributed by atoms with E-state index in [0.29, 0.717) is 34.9 Å². The number of primary amides is 1. The third-order valence-electron chi connectivity index (χ3n) is 3.88.